The van der Waals surface area contributed by atoms with Gasteiger partial charge in [-0.15, -0.1) is 0 Å². The van der Waals surface area contributed by atoms with Crippen LogP contribution in [0.4, 0.5) is 17.3 Å². The van der Waals surface area contributed by atoms with E-state index in [1.807, 2.05) is 18.2 Å². The molecule has 0 bridgehead atoms. The Bertz CT molecular complexity index is 1050. The highest BCUT2D eigenvalue weighted by atomic mass is 32.2. The third-order valence-corrected chi connectivity index (χ3v) is 6.55. The lowest BCUT2D eigenvalue weighted by atomic mass is 10.2. The van der Waals surface area contributed by atoms with Crippen molar-refractivity contribution in [1.82, 2.24) is 20.2 Å². The highest BCUT2D eigenvalue weighted by molar-refractivity contribution is 7.92. The third-order valence-electron chi connectivity index (χ3n) is 4.90. The lowest BCUT2D eigenvalue weighted by molar-refractivity contribution is 0.600. The number of nitrogens with one attached hydrogen (secondary N) is 2. The average molecular weight is 414 g/mol. The Morgan fingerprint density at radius 3 is 2.17 bits per heavy atom. The fourth-order valence-corrected chi connectivity index (χ4v) is 4.88. The summed E-state index contributed by atoms with van der Waals surface area (Å²) in [5, 5.41) is 6.63. The van der Waals surface area contributed by atoms with Gasteiger partial charge in [-0.2, -0.15) is 5.10 Å². The number of piperazine rings is 1. The molecule has 0 aliphatic carbocycles. The molecule has 0 amide bonds. The normalized spacial score (nSPS) is 14.8. The molecule has 10 heteroatoms. The van der Waals surface area contributed by atoms with E-state index in [4.69, 9.17) is 0 Å². The maximum atomic E-state index is 12.6. The van der Waals surface area contributed by atoms with Crippen LogP contribution in [0.3, 0.4) is 0 Å². The molecule has 1 fully saturated rings. The van der Waals surface area contributed by atoms with Crippen LogP contribution in [0.15, 0.2) is 47.6 Å². The smallest absolute Gasteiger partial charge is 0.265 e. The topological polar surface area (TPSA) is 107 Å². The summed E-state index contributed by atoms with van der Waals surface area (Å²) < 4.78 is 27.8. The maximum Gasteiger partial charge on any atom is 0.265 e. The van der Waals surface area contributed by atoms with Crippen LogP contribution < -0.4 is 14.5 Å². The zero-order chi connectivity index (χ0) is 20.4. The molecule has 1 aliphatic heterocycles. The van der Waals surface area contributed by atoms with E-state index >= 15 is 0 Å². The highest BCUT2D eigenvalue weighted by Gasteiger charge is 2.23. The minimum Gasteiger partial charge on any atom is -0.368 e. The number of para-hydroxylation sites is 1. The Balaban J connectivity index is 1.41. The number of nitrogens with zero attached hydrogens (tertiary/aromatic N) is 5. The van der Waals surface area contributed by atoms with Crippen LogP contribution in [0.1, 0.15) is 11.4 Å². The van der Waals surface area contributed by atoms with Crippen LogP contribution in [-0.4, -0.2) is 54.8 Å². The summed E-state index contributed by atoms with van der Waals surface area (Å²) >= 11 is 0. The number of hydrogen-bond acceptors (Lipinski definition) is 7. The second-order valence-corrected chi connectivity index (χ2v) is 8.57. The lowest BCUT2D eigenvalue weighted by Gasteiger charge is -2.36. The van der Waals surface area contributed by atoms with Crippen molar-refractivity contribution >= 4 is 27.3 Å². The number of benzene rings is 1. The number of aromatic amines is 1. The molecule has 0 atom stereocenters. The first-order chi connectivity index (χ1) is 13.9. The Kier molecular flexibility index (Phi) is 5.10. The molecule has 4 rings (SSSR count). The minimum atomic E-state index is -3.75. The van der Waals surface area contributed by atoms with Crippen molar-refractivity contribution in [3.63, 3.8) is 0 Å². The van der Waals surface area contributed by atoms with Crippen molar-refractivity contribution in [3.05, 3.63) is 54.1 Å². The summed E-state index contributed by atoms with van der Waals surface area (Å²) in [4.78, 5) is 13.3. The molecular weight excluding hydrogens is 390 g/mol. The van der Waals surface area contributed by atoms with Gasteiger partial charge in [0.25, 0.3) is 10.0 Å². The number of hydrogen-bond donors (Lipinski definition) is 2. The van der Waals surface area contributed by atoms with Gasteiger partial charge in [0.2, 0.25) is 5.95 Å². The van der Waals surface area contributed by atoms with Crippen molar-refractivity contribution in [2.45, 2.75) is 18.7 Å². The Hall–Kier alpha value is -3.14. The Labute approximate surface area is 169 Å². The fraction of sp³-hybridized carbons (Fsp3) is 0.316. The average Bonchev–Trinajstić information content (AvgIpc) is 3.08. The van der Waals surface area contributed by atoms with Crippen molar-refractivity contribution in [2.24, 2.45) is 0 Å². The summed E-state index contributed by atoms with van der Waals surface area (Å²) in [6, 6.07) is 10.3. The molecule has 0 radical (unpaired) electrons. The first-order valence-corrected chi connectivity index (χ1v) is 10.8. The van der Waals surface area contributed by atoms with Crippen LogP contribution in [0.2, 0.25) is 0 Å². The largest absolute Gasteiger partial charge is 0.368 e. The second kappa shape index (κ2) is 7.70. The number of sulfonamides is 1. The molecule has 152 valence electrons. The van der Waals surface area contributed by atoms with Crippen LogP contribution >= 0.6 is 0 Å². The van der Waals surface area contributed by atoms with E-state index in [0.29, 0.717) is 23.0 Å². The molecule has 1 aromatic carbocycles. The molecule has 9 nitrogen and oxygen atoms in total. The number of rotatable bonds is 5. The van der Waals surface area contributed by atoms with Gasteiger partial charge in [0.05, 0.1) is 29.5 Å². The van der Waals surface area contributed by atoms with Gasteiger partial charge >= 0.3 is 0 Å². The molecule has 3 heterocycles. The number of aromatic nitrogens is 4. The summed E-state index contributed by atoms with van der Waals surface area (Å²) in [7, 11) is -3.75. The van der Waals surface area contributed by atoms with Gasteiger partial charge in [-0.05, 0) is 26.0 Å². The standard InChI is InChI=1S/C19H23N7O2S/c1-14-18(15(2)23-22-14)29(27,28)24-16-12-20-19(21-13-16)26-10-8-25(9-11-26)17-6-4-3-5-7-17/h3-7,12-13,24H,8-11H2,1-2H3,(H,22,23). The monoisotopic (exact) mass is 413 g/mol. The van der Waals surface area contributed by atoms with Crippen LogP contribution in [0, 0.1) is 13.8 Å². The van der Waals surface area contributed by atoms with E-state index in [-0.39, 0.29) is 4.90 Å². The quantitative estimate of drug-likeness (QED) is 0.658. The van der Waals surface area contributed by atoms with Crippen molar-refractivity contribution in [2.75, 3.05) is 40.7 Å². The van der Waals surface area contributed by atoms with Gasteiger partial charge < -0.3 is 9.80 Å². The van der Waals surface area contributed by atoms with Gasteiger partial charge in [-0.25, -0.2) is 18.4 Å². The van der Waals surface area contributed by atoms with Gasteiger partial charge in [0.15, 0.2) is 0 Å². The van der Waals surface area contributed by atoms with Crippen LogP contribution in [0.5, 0.6) is 0 Å². The zero-order valence-electron chi connectivity index (χ0n) is 16.3. The molecule has 2 aromatic heterocycles. The number of anilines is 3. The van der Waals surface area contributed by atoms with E-state index in [2.05, 4.69) is 46.8 Å². The number of H-pyrrole nitrogens is 1. The van der Waals surface area contributed by atoms with E-state index in [9.17, 15) is 8.42 Å². The maximum absolute atomic E-state index is 12.6. The molecule has 29 heavy (non-hydrogen) atoms. The highest BCUT2D eigenvalue weighted by Crippen LogP contribution is 2.22. The van der Waals surface area contributed by atoms with E-state index < -0.39 is 10.0 Å². The molecule has 1 aliphatic rings. The lowest BCUT2D eigenvalue weighted by Crippen LogP contribution is -2.47. The summed E-state index contributed by atoms with van der Waals surface area (Å²) in [6.07, 6.45) is 2.99. The fourth-order valence-electron chi connectivity index (χ4n) is 3.48. The molecule has 3 aromatic rings. The predicted molar refractivity (Wildman–Crippen MR) is 112 cm³/mol. The zero-order valence-corrected chi connectivity index (χ0v) is 17.1. The van der Waals surface area contributed by atoms with Crippen molar-refractivity contribution < 1.29 is 8.42 Å². The predicted octanol–water partition coefficient (Wildman–Crippen LogP) is 1.94. The van der Waals surface area contributed by atoms with Crippen LogP contribution in [-0.2, 0) is 10.0 Å². The molecular formula is C19H23N7O2S. The van der Waals surface area contributed by atoms with Gasteiger partial charge in [-0.3, -0.25) is 9.82 Å². The summed E-state index contributed by atoms with van der Waals surface area (Å²) in [5.41, 5.74) is 2.44. The SMILES string of the molecule is Cc1n[nH]c(C)c1S(=O)(=O)Nc1cnc(N2CCN(c3ccccc3)CC2)nc1. The van der Waals surface area contributed by atoms with Gasteiger partial charge in [0.1, 0.15) is 4.90 Å². The first-order valence-electron chi connectivity index (χ1n) is 9.35. The third kappa shape index (κ3) is 4.02. The summed E-state index contributed by atoms with van der Waals surface area (Å²) in [5.74, 6) is 0.594. The van der Waals surface area contributed by atoms with Crippen molar-refractivity contribution in [3.8, 4) is 0 Å². The van der Waals surface area contributed by atoms with Crippen molar-refractivity contribution in [1.29, 1.82) is 0 Å². The molecule has 1 saturated heterocycles. The van der Waals surface area contributed by atoms with E-state index in [1.165, 1.54) is 18.1 Å². The van der Waals surface area contributed by atoms with Gasteiger partial charge in [0, 0.05) is 31.9 Å². The molecule has 0 saturated carbocycles. The summed E-state index contributed by atoms with van der Waals surface area (Å²) in [6.45, 7) is 6.67. The Morgan fingerprint density at radius 1 is 0.966 bits per heavy atom. The molecule has 0 spiro atoms. The second-order valence-electron chi connectivity index (χ2n) is 6.95. The van der Waals surface area contributed by atoms with Crippen LogP contribution in [0.25, 0.3) is 0 Å². The minimum absolute atomic E-state index is 0.151. The Morgan fingerprint density at radius 2 is 1.59 bits per heavy atom. The van der Waals surface area contributed by atoms with E-state index in [1.54, 1.807) is 13.8 Å². The van der Waals surface area contributed by atoms with Gasteiger partial charge in [-0.1, -0.05) is 18.2 Å². The molecule has 2 N–H and O–H groups in total. The molecule has 0 unspecified atom stereocenters. The first kappa shape index (κ1) is 19.2. The number of aryl methyl sites for hydroxylation is 2. The van der Waals surface area contributed by atoms with E-state index in [0.717, 1.165) is 26.2 Å².